The van der Waals surface area contributed by atoms with Crippen LogP contribution in [-0.4, -0.2) is 40.6 Å². The number of ether oxygens (including phenoxy) is 2. The van der Waals surface area contributed by atoms with Gasteiger partial charge in [-0.05, 0) is 49.7 Å². The number of cyclic esters (lactones) is 1. The Morgan fingerprint density at radius 3 is 2.41 bits per heavy atom. The molecule has 37 heavy (non-hydrogen) atoms. The summed E-state index contributed by atoms with van der Waals surface area (Å²) in [7, 11) is 0. The minimum absolute atomic E-state index is 0.0804. The van der Waals surface area contributed by atoms with Crippen molar-refractivity contribution in [2.75, 3.05) is 0 Å². The van der Waals surface area contributed by atoms with E-state index >= 15 is 0 Å². The summed E-state index contributed by atoms with van der Waals surface area (Å²) in [5, 5.41) is 11.9. The molecule has 5 rings (SSSR count). The molecule has 4 aliphatic rings. The summed E-state index contributed by atoms with van der Waals surface area (Å²) in [5.41, 5.74) is -1.99. The Balaban J connectivity index is 1.70. The normalized spacial score (nSPS) is 44.5. The molecule has 1 aliphatic heterocycles. The van der Waals surface area contributed by atoms with Crippen molar-refractivity contribution < 1.29 is 33.4 Å². The molecule has 9 atom stereocenters. The molecule has 0 bridgehead atoms. The van der Waals surface area contributed by atoms with Gasteiger partial charge in [-0.2, -0.15) is 0 Å². The lowest BCUT2D eigenvalue weighted by atomic mass is 9.38. The Morgan fingerprint density at radius 2 is 1.78 bits per heavy atom. The zero-order chi connectivity index (χ0) is 27.1. The smallest absolute Gasteiger partial charge is 0.330 e. The van der Waals surface area contributed by atoms with E-state index in [1.807, 2.05) is 46.8 Å². The minimum atomic E-state index is -0.818. The van der Waals surface area contributed by atoms with Crippen molar-refractivity contribution in [3.05, 3.63) is 36.3 Å². The predicted molar refractivity (Wildman–Crippen MR) is 135 cm³/mol. The van der Waals surface area contributed by atoms with Gasteiger partial charge in [0, 0.05) is 41.1 Å². The molecule has 1 N–H and O–H groups in total. The highest BCUT2D eigenvalue weighted by molar-refractivity contribution is 5.88. The van der Waals surface area contributed by atoms with Crippen LogP contribution in [0.15, 0.2) is 35.2 Å². The number of furan rings is 1. The van der Waals surface area contributed by atoms with Crippen molar-refractivity contribution in [1.29, 1.82) is 0 Å². The first kappa shape index (κ1) is 26.2. The summed E-state index contributed by atoms with van der Waals surface area (Å²) in [4.78, 5) is 39.6. The molecule has 0 aromatic carbocycles. The third-order valence-electron chi connectivity index (χ3n) is 10.8. The van der Waals surface area contributed by atoms with Crippen LogP contribution in [0, 0.1) is 39.9 Å². The number of aliphatic hydroxyl groups excluding tert-OH is 1. The third-order valence-corrected chi connectivity index (χ3v) is 10.8. The van der Waals surface area contributed by atoms with Crippen molar-refractivity contribution in [1.82, 2.24) is 0 Å². The summed E-state index contributed by atoms with van der Waals surface area (Å²) in [6, 6.07) is 1.88. The molecular weight excluding hydrogens is 472 g/mol. The first-order chi connectivity index (χ1) is 17.2. The second kappa shape index (κ2) is 8.29. The molecule has 7 nitrogen and oxygen atoms in total. The van der Waals surface area contributed by atoms with Crippen molar-refractivity contribution >= 4 is 17.7 Å². The van der Waals surface area contributed by atoms with Crippen LogP contribution in [0.3, 0.4) is 0 Å². The van der Waals surface area contributed by atoms with Gasteiger partial charge < -0.3 is 19.0 Å². The van der Waals surface area contributed by atoms with E-state index in [1.54, 1.807) is 12.5 Å². The van der Waals surface area contributed by atoms with Crippen molar-refractivity contribution in [2.24, 2.45) is 39.9 Å². The van der Waals surface area contributed by atoms with E-state index in [4.69, 9.17) is 13.9 Å². The molecule has 0 radical (unpaired) electrons. The first-order valence-corrected chi connectivity index (χ1v) is 13.5. The molecular formula is C30H40O7. The van der Waals surface area contributed by atoms with Gasteiger partial charge in [0.15, 0.2) is 0 Å². The minimum Gasteiger partial charge on any atom is -0.472 e. The van der Waals surface area contributed by atoms with Crippen LogP contribution in [0.1, 0.15) is 79.2 Å². The lowest BCUT2D eigenvalue weighted by molar-refractivity contribution is -0.245. The molecule has 7 heteroatoms. The number of esters is 2. The van der Waals surface area contributed by atoms with Crippen LogP contribution in [0.2, 0.25) is 0 Å². The number of Topliss-reactive ketones (excluding diaryl/α,β-unsaturated/α-hetero) is 1. The monoisotopic (exact) mass is 512 g/mol. The van der Waals surface area contributed by atoms with Crippen molar-refractivity contribution in [3.8, 4) is 0 Å². The highest BCUT2D eigenvalue weighted by atomic mass is 16.6. The molecule has 202 valence electrons. The number of ketones is 1. The van der Waals surface area contributed by atoms with Gasteiger partial charge in [0.25, 0.3) is 0 Å². The van der Waals surface area contributed by atoms with Crippen LogP contribution >= 0.6 is 0 Å². The van der Waals surface area contributed by atoms with Gasteiger partial charge in [-0.1, -0.05) is 40.7 Å². The summed E-state index contributed by atoms with van der Waals surface area (Å²) in [6.45, 7) is 13.6. The molecule has 0 saturated heterocycles. The number of aliphatic hydroxyl groups is 1. The van der Waals surface area contributed by atoms with Crippen LogP contribution in [0.25, 0.3) is 0 Å². The molecule has 1 aromatic rings. The average Bonchev–Trinajstić information content (AvgIpc) is 3.40. The van der Waals surface area contributed by atoms with Gasteiger partial charge in [0.2, 0.25) is 0 Å². The summed E-state index contributed by atoms with van der Waals surface area (Å²) < 4.78 is 17.5. The lowest BCUT2D eigenvalue weighted by Crippen LogP contribution is -2.69. The van der Waals surface area contributed by atoms with Gasteiger partial charge in [0.05, 0.1) is 24.5 Å². The molecule has 3 aliphatic carbocycles. The van der Waals surface area contributed by atoms with Crippen molar-refractivity contribution in [3.63, 3.8) is 0 Å². The molecule has 1 aromatic heterocycles. The maximum absolute atomic E-state index is 14.0. The molecule has 3 fully saturated rings. The first-order valence-electron chi connectivity index (χ1n) is 13.5. The van der Waals surface area contributed by atoms with E-state index in [-0.39, 0.29) is 35.4 Å². The fourth-order valence-corrected chi connectivity index (χ4v) is 9.04. The lowest BCUT2D eigenvalue weighted by Gasteiger charge is -2.67. The quantitative estimate of drug-likeness (QED) is 0.579. The van der Waals surface area contributed by atoms with Gasteiger partial charge in [0.1, 0.15) is 17.5 Å². The van der Waals surface area contributed by atoms with Gasteiger partial charge in [-0.15, -0.1) is 0 Å². The Bertz CT molecular complexity index is 1130. The van der Waals surface area contributed by atoms with E-state index in [1.165, 1.54) is 6.08 Å². The summed E-state index contributed by atoms with van der Waals surface area (Å²) in [6.07, 6.45) is 6.55. The van der Waals surface area contributed by atoms with Crippen LogP contribution in [0.4, 0.5) is 0 Å². The highest BCUT2D eigenvalue weighted by Gasteiger charge is 2.74. The Labute approximate surface area is 219 Å². The number of fused-ring (bicyclic) bond motifs is 5. The predicted octanol–water partition coefficient (Wildman–Crippen LogP) is 4.83. The number of rotatable bonds is 3. The number of carbonyl (C=O) groups is 3. The van der Waals surface area contributed by atoms with Crippen LogP contribution in [-0.2, 0) is 23.9 Å². The summed E-state index contributed by atoms with van der Waals surface area (Å²) in [5.74, 6) is -2.08. The maximum Gasteiger partial charge on any atom is 0.330 e. The standard InChI is InChI=1S/C30H40O7/c1-16(2)26(34)36-23-14-21-28(5)10-8-24(33)37-27(3,4)20(28)13-22(32)30(21,7)25-19(31)12-18(29(23,25)6)17-9-11-35-15-17/h8-11,15-16,18,20-23,25,32H,12-14H2,1-7H3/t18-,20-,21+,22+,23-,25+,28-,29+,30-/m0/s1. The number of hydrogen-bond acceptors (Lipinski definition) is 7. The van der Waals surface area contributed by atoms with Gasteiger partial charge >= 0.3 is 11.9 Å². The second-order valence-corrected chi connectivity index (χ2v) is 13.3. The molecule has 3 saturated carbocycles. The van der Waals surface area contributed by atoms with Gasteiger partial charge in [-0.25, -0.2) is 4.79 Å². The number of carbonyl (C=O) groups excluding carboxylic acids is 3. The van der Waals surface area contributed by atoms with Crippen LogP contribution < -0.4 is 0 Å². The Hall–Kier alpha value is -2.41. The van der Waals surface area contributed by atoms with E-state index in [0.29, 0.717) is 19.3 Å². The molecule has 0 amide bonds. The number of hydrogen-bond donors (Lipinski definition) is 1. The van der Waals surface area contributed by atoms with Gasteiger partial charge in [-0.3, -0.25) is 9.59 Å². The van der Waals surface area contributed by atoms with Crippen molar-refractivity contribution in [2.45, 2.75) is 91.5 Å². The fourth-order valence-electron chi connectivity index (χ4n) is 9.04. The average molecular weight is 513 g/mol. The Kier molecular flexibility index (Phi) is 5.87. The van der Waals surface area contributed by atoms with E-state index < -0.39 is 45.9 Å². The molecule has 2 heterocycles. The largest absolute Gasteiger partial charge is 0.472 e. The van der Waals surface area contributed by atoms with E-state index in [0.717, 1.165) is 5.56 Å². The number of allylic oxidation sites excluding steroid dienone is 1. The Morgan fingerprint density at radius 1 is 1.08 bits per heavy atom. The fraction of sp³-hybridized carbons (Fsp3) is 0.700. The second-order valence-electron chi connectivity index (χ2n) is 13.3. The zero-order valence-electron chi connectivity index (χ0n) is 22.9. The summed E-state index contributed by atoms with van der Waals surface area (Å²) >= 11 is 0. The van der Waals surface area contributed by atoms with E-state index in [2.05, 4.69) is 13.8 Å². The molecule has 0 spiro atoms. The van der Waals surface area contributed by atoms with Crippen LogP contribution in [0.5, 0.6) is 0 Å². The van der Waals surface area contributed by atoms with E-state index in [9.17, 15) is 19.5 Å². The molecule has 0 unspecified atom stereocenters. The SMILES string of the molecule is CC(C)C(=O)O[C@H]1C[C@@H]2[C@@]3(C)C=CC(=O)OC(C)(C)[C@@H]3C[C@@H](O)[C@@]2(C)[C@@H]2C(=O)C[C@@H](c3ccoc3)[C@@]21C. The highest BCUT2D eigenvalue weighted by Crippen LogP contribution is 2.72. The maximum atomic E-state index is 14.0. The topological polar surface area (TPSA) is 103 Å². The zero-order valence-corrected chi connectivity index (χ0v) is 22.9. The third kappa shape index (κ3) is 3.52.